The van der Waals surface area contributed by atoms with Crippen molar-refractivity contribution in [2.24, 2.45) is 11.3 Å². The van der Waals surface area contributed by atoms with Gasteiger partial charge in [0, 0.05) is 0 Å². The minimum absolute atomic E-state index is 0. The fourth-order valence-corrected chi connectivity index (χ4v) is 4.78. The number of rotatable bonds is 2. The Morgan fingerprint density at radius 1 is 0.795 bits per heavy atom. The molecule has 0 saturated heterocycles. The van der Waals surface area contributed by atoms with Gasteiger partial charge in [0.25, 0.3) is 0 Å². The number of hydrogen-bond acceptors (Lipinski definition) is 0. The van der Waals surface area contributed by atoms with Crippen molar-refractivity contribution in [2.75, 3.05) is 0 Å². The van der Waals surface area contributed by atoms with Crippen molar-refractivity contribution < 1.29 is 24.2 Å². The van der Waals surface area contributed by atoms with Crippen molar-refractivity contribution >= 4 is 29.0 Å². The Balaban J connectivity index is 0. The van der Waals surface area contributed by atoms with Crippen LogP contribution in [0.3, 0.4) is 0 Å². The summed E-state index contributed by atoms with van der Waals surface area (Å²) in [5.41, 5.74) is 10.5. The van der Waals surface area contributed by atoms with E-state index in [4.69, 9.17) is 0 Å². The second-order valence-corrected chi connectivity index (χ2v) is 14.0. The number of halogens is 2. The molecule has 44 heavy (non-hydrogen) atoms. The second-order valence-electron chi connectivity index (χ2n) is 14.0. The molecular weight excluding hydrogens is 655 g/mol. The van der Waals surface area contributed by atoms with Crippen molar-refractivity contribution in [3.05, 3.63) is 126 Å². The average Bonchev–Trinajstić information content (AvgIpc) is 3.55. The molecule has 3 aromatic rings. The Labute approximate surface area is 299 Å². The summed E-state index contributed by atoms with van der Waals surface area (Å²) in [6, 6.07) is 27.6. The third kappa shape index (κ3) is 13.5. The van der Waals surface area contributed by atoms with Crippen molar-refractivity contribution in [3.63, 3.8) is 0 Å². The second kappa shape index (κ2) is 19.9. The molecule has 0 heterocycles. The summed E-state index contributed by atoms with van der Waals surface area (Å²) in [4.78, 5) is 0. The molecule has 0 aromatic heterocycles. The van der Waals surface area contributed by atoms with Crippen molar-refractivity contribution in [1.29, 1.82) is 0 Å². The van der Waals surface area contributed by atoms with E-state index in [9.17, 15) is 0 Å². The molecule has 242 valence electrons. The number of allylic oxidation sites excluding steroid dienone is 4. The Bertz CT molecular complexity index is 1210. The average molecular weight is 711 g/mol. The third-order valence-corrected chi connectivity index (χ3v) is 7.43. The van der Waals surface area contributed by atoms with E-state index < -0.39 is 0 Å². The molecule has 3 heteroatoms. The Morgan fingerprint density at radius 2 is 1.36 bits per heavy atom. The SMILES string of the molecule is CC(C)(C)c1c[c-]c2c(c1)-c1cc(C(C)(C)C)ccc1C2.CCCC1[C-]=CC(C(C)(C)C)=C1.Cl.Cl.[CH2]=[Zr].[CH3-].[c-]1ccccc1. The molecular formula is C41H56Cl2Zr-4. The molecule has 0 spiro atoms. The van der Waals surface area contributed by atoms with Gasteiger partial charge in [0.1, 0.15) is 0 Å². The predicted molar refractivity (Wildman–Crippen MR) is 198 cm³/mol. The monoisotopic (exact) mass is 708 g/mol. The minimum atomic E-state index is 0. The van der Waals surface area contributed by atoms with E-state index in [0.717, 1.165) is 6.42 Å². The van der Waals surface area contributed by atoms with Gasteiger partial charge in [-0.1, -0.05) is 128 Å². The molecule has 0 nitrogen and oxygen atoms in total. The molecule has 2 aliphatic rings. The van der Waals surface area contributed by atoms with Gasteiger partial charge in [-0.05, 0) is 17.4 Å². The number of benzene rings is 3. The van der Waals surface area contributed by atoms with Crippen LogP contribution in [0.15, 0.2) is 78.4 Å². The van der Waals surface area contributed by atoms with Crippen LogP contribution in [-0.2, 0) is 41.5 Å². The molecule has 2 aliphatic carbocycles. The van der Waals surface area contributed by atoms with Gasteiger partial charge in [-0.3, -0.25) is 6.08 Å². The first-order chi connectivity index (χ1) is 19.2. The van der Waals surface area contributed by atoms with Crippen LogP contribution in [0.1, 0.15) is 104 Å². The van der Waals surface area contributed by atoms with E-state index in [2.05, 4.69) is 134 Å². The molecule has 0 N–H and O–H groups in total. The molecule has 0 amide bonds. The molecule has 5 rings (SSSR count). The van der Waals surface area contributed by atoms with Crippen molar-refractivity contribution in [2.45, 2.75) is 99.3 Å². The summed E-state index contributed by atoms with van der Waals surface area (Å²) < 4.78 is 3.34. The van der Waals surface area contributed by atoms with E-state index in [0.29, 0.717) is 11.3 Å². The molecule has 3 aromatic carbocycles. The number of hydrogen-bond donors (Lipinski definition) is 0. The Morgan fingerprint density at radius 3 is 1.80 bits per heavy atom. The van der Waals surface area contributed by atoms with Crippen LogP contribution in [0, 0.1) is 37.0 Å². The molecule has 0 radical (unpaired) electrons. The van der Waals surface area contributed by atoms with Crippen LogP contribution < -0.4 is 0 Å². The zero-order valence-electron chi connectivity index (χ0n) is 29.2. The fraction of sp³-hybridized carbons (Fsp3) is 0.415. The van der Waals surface area contributed by atoms with Gasteiger partial charge in [-0.25, -0.2) is 6.08 Å². The summed E-state index contributed by atoms with van der Waals surface area (Å²) in [5, 5.41) is 0. The largest absolute Gasteiger partial charge is 0.358 e. The van der Waals surface area contributed by atoms with Gasteiger partial charge < -0.3 is 7.43 Å². The van der Waals surface area contributed by atoms with E-state index in [1.165, 1.54) is 76.0 Å². The topological polar surface area (TPSA) is 0 Å². The Hall–Kier alpha value is -1.53. The quantitative estimate of drug-likeness (QED) is 0.182. The van der Waals surface area contributed by atoms with Crippen LogP contribution in [0.5, 0.6) is 0 Å². The Kier molecular flexibility index (Phi) is 20.1. The minimum Gasteiger partial charge on any atom is -0.358 e. The molecule has 0 fully saturated rings. The van der Waals surface area contributed by atoms with Crippen LogP contribution in [0.25, 0.3) is 11.1 Å². The van der Waals surface area contributed by atoms with Crippen molar-refractivity contribution in [1.82, 2.24) is 0 Å². The summed E-state index contributed by atoms with van der Waals surface area (Å²) in [7, 11) is 0. The van der Waals surface area contributed by atoms with Crippen LogP contribution >= 0.6 is 24.8 Å². The molecule has 0 aliphatic heterocycles. The first-order valence-corrected chi connectivity index (χ1v) is 16.7. The molecule has 0 saturated carbocycles. The fourth-order valence-electron chi connectivity index (χ4n) is 4.78. The van der Waals surface area contributed by atoms with Crippen molar-refractivity contribution in [3.8, 4) is 11.1 Å². The zero-order valence-corrected chi connectivity index (χ0v) is 33.2. The van der Waals surface area contributed by atoms with Gasteiger partial charge in [-0.2, -0.15) is 77.4 Å². The van der Waals surface area contributed by atoms with Crippen LogP contribution in [0.2, 0.25) is 0 Å². The standard InChI is InChI=1S/C21H25.C12H19.C6H5.CH3.CH2.2ClH.Zr/c1-20(2,3)16-9-7-14-11-15-8-10-17(21(4,5)6)13-19(15)18(14)12-16;1-5-6-10-7-8-11(9-10)12(2,3)4;1-2-4-6-5-3-1;;;;;/h7,9-10,12-13H,11H2,1-6H3;8-10H,5-6H2,1-4H3;1-5H;1H3;1H2;2*1H;/q4*-1;;;;. The summed E-state index contributed by atoms with van der Waals surface area (Å²) in [5.74, 6) is 0.587. The summed E-state index contributed by atoms with van der Waals surface area (Å²) in [6.45, 7) is 22.6. The van der Waals surface area contributed by atoms with Gasteiger partial charge >= 0.3 is 28.4 Å². The smallest absolute Gasteiger partial charge is 0.171 e. The van der Waals surface area contributed by atoms with Gasteiger partial charge in [0.15, 0.2) is 0 Å². The van der Waals surface area contributed by atoms with E-state index in [1.807, 2.05) is 30.3 Å². The zero-order chi connectivity index (χ0) is 30.8. The first-order valence-electron chi connectivity index (χ1n) is 15.0. The summed E-state index contributed by atoms with van der Waals surface area (Å²) in [6.07, 6.45) is 11.5. The third-order valence-electron chi connectivity index (χ3n) is 7.43. The molecule has 1 unspecified atom stereocenters. The van der Waals surface area contributed by atoms with Crippen LogP contribution in [-0.4, -0.2) is 4.21 Å². The number of fused-ring (bicyclic) bond motifs is 3. The van der Waals surface area contributed by atoms with Gasteiger partial charge in [-0.15, -0.1) is 30.4 Å². The summed E-state index contributed by atoms with van der Waals surface area (Å²) >= 11 is 1.30. The van der Waals surface area contributed by atoms with Gasteiger partial charge in [0.05, 0.1) is 0 Å². The maximum atomic E-state index is 3.53. The van der Waals surface area contributed by atoms with E-state index >= 15 is 0 Å². The maximum Gasteiger partial charge on any atom is -0.171 e. The van der Waals surface area contributed by atoms with Crippen LogP contribution in [0.4, 0.5) is 0 Å². The normalized spacial score (nSPS) is 14.1. The van der Waals surface area contributed by atoms with Gasteiger partial charge in [0.2, 0.25) is 0 Å². The maximum absolute atomic E-state index is 3.53. The van der Waals surface area contributed by atoms with E-state index in [1.54, 1.807) is 0 Å². The predicted octanol–water partition coefficient (Wildman–Crippen LogP) is 12.1. The molecule has 0 bridgehead atoms. The first kappa shape index (κ1) is 44.6. The van der Waals surface area contributed by atoms with E-state index in [-0.39, 0.29) is 43.1 Å². The molecule has 1 atom stereocenters.